The minimum absolute atomic E-state index is 0.0952. The number of ketones is 1. The predicted molar refractivity (Wildman–Crippen MR) is 111 cm³/mol. The first-order chi connectivity index (χ1) is 15.0. The van der Waals surface area contributed by atoms with Gasteiger partial charge >= 0.3 is 0 Å². The zero-order valence-corrected chi connectivity index (χ0v) is 17.4. The fraction of sp³-hybridized carbons (Fsp3) is 0.409. The summed E-state index contributed by atoms with van der Waals surface area (Å²) in [6, 6.07) is 8.25. The molecule has 0 radical (unpaired) electrons. The normalized spacial score (nSPS) is 16.5. The summed E-state index contributed by atoms with van der Waals surface area (Å²) >= 11 is 0. The highest BCUT2D eigenvalue weighted by atomic mass is 16.5. The van der Waals surface area contributed by atoms with Gasteiger partial charge in [0.25, 0.3) is 11.8 Å². The van der Waals surface area contributed by atoms with Crippen molar-refractivity contribution < 1.29 is 28.3 Å². The number of amides is 2. The first-order valence-corrected chi connectivity index (χ1v) is 10.3. The van der Waals surface area contributed by atoms with E-state index in [-0.39, 0.29) is 36.5 Å². The van der Waals surface area contributed by atoms with Crippen molar-refractivity contribution in [2.24, 2.45) is 0 Å². The van der Waals surface area contributed by atoms with E-state index in [1.54, 1.807) is 30.3 Å². The standard InChI is InChI=1S/C22H25N3O6/c1-15(26)16-2-4-19-18(12-16)25(21(27)14-30-19)13-17-3-5-20(31-17)22(28)23-6-7-24-8-10-29-11-9-24/h2-5,12H,6-11,13-14H2,1H3,(H,23,28). The van der Waals surface area contributed by atoms with Gasteiger partial charge in [-0.15, -0.1) is 0 Å². The van der Waals surface area contributed by atoms with Crippen LogP contribution in [0.1, 0.15) is 33.6 Å². The van der Waals surface area contributed by atoms with E-state index >= 15 is 0 Å². The van der Waals surface area contributed by atoms with Crippen LogP contribution in [0.15, 0.2) is 34.7 Å². The maximum Gasteiger partial charge on any atom is 0.287 e. The Kier molecular flexibility index (Phi) is 6.34. The molecule has 2 aromatic rings. The molecule has 9 nitrogen and oxygen atoms in total. The Morgan fingerprint density at radius 1 is 1.13 bits per heavy atom. The van der Waals surface area contributed by atoms with Crippen molar-refractivity contribution in [3.63, 3.8) is 0 Å². The number of rotatable bonds is 7. The molecule has 4 rings (SSSR count). The molecule has 1 N–H and O–H groups in total. The number of nitrogens with zero attached hydrogens (tertiary/aromatic N) is 2. The smallest absolute Gasteiger partial charge is 0.287 e. The predicted octanol–water partition coefficient (Wildman–Crippen LogP) is 1.47. The highest BCUT2D eigenvalue weighted by Crippen LogP contribution is 2.34. The van der Waals surface area contributed by atoms with Crippen LogP contribution in [0.2, 0.25) is 0 Å². The molecule has 2 aliphatic heterocycles. The van der Waals surface area contributed by atoms with Crippen molar-refractivity contribution in [2.45, 2.75) is 13.5 Å². The van der Waals surface area contributed by atoms with E-state index in [1.165, 1.54) is 11.8 Å². The minimum atomic E-state index is -0.299. The molecule has 0 aliphatic carbocycles. The molecule has 1 saturated heterocycles. The molecule has 2 aliphatic rings. The van der Waals surface area contributed by atoms with Gasteiger partial charge in [-0.05, 0) is 37.3 Å². The van der Waals surface area contributed by atoms with Crippen molar-refractivity contribution in [3.05, 3.63) is 47.4 Å². The van der Waals surface area contributed by atoms with Gasteiger partial charge in [0.1, 0.15) is 11.5 Å². The van der Waals surface area contributed by atoms with Gasteiger partial charge in [0.2, 0.25) is 0 Å². The summed E-state index contributed by atoms with van der Waals surface area (Å²) in [5.41, 5.74) is 0.999. The molecule has 0 unspecified atom stereocenters. The quantitative estimate of drug-likeness (QED) is 0.668. The SMILES string of the molecule is CC(=O)c1ccc2c(c1)N(Cc1ccc(C(=O)NCCN3CCOCC3)o1)C(=O)CO2. The molecular formula is C22H25N3O6. The molecule has 0 spiro atoms. The van der Waals surface area contributed by atoms with Crippen molar-refractivity contribution in [1.29, 1.82) is 0 Å². The van der Waals surface area contributed by atoms with E-state index in [4.69, 9.17) is 13.9 Å². The summed E-state index contributed by atoms with van der Waals surface area (Å²) in [7, 11) is 0. The van der Waals surface area contributed by atoms with E-state index in [2.05, 4.69) is 10.2 Å². The van der Waals surface area contributed by atoms with E-state index in [0.717, 1.165) is 19.6 Å². The van der Waals surface area contributed by atoms with Crippen molar-refractivity contribution in [2.75, 3.05) is 50.9 Å². The van der Waals surface area contributed by atoms with Crippen LogP contribution in [-0.4, -0.2) is 68.5 Å². The fourth-order valence-electron chi connectivity index (χ4n) is 3.57. The third-order valence-electron chi connectivity index (χ3n) is 5.33. The number of morpholine rings is 1. The minimum Gasteiger partial charge on any atom is -0.482 e. The number of benzene rings is 1. The van der Waals surface area contributed by atoms with Crippen LogP contribution in [-0.2, 0) is 16.1 Å². The van der Waals surface area contributed by atoms with Crippen molar-refractivity contribution in [3.8, 4) is 5.75 Å². The van der Waals surface area contributed by atoms with Crippen LogP contribution in [0.4, 0.5) is 5.69 Å². The Hall–Kier alpha value is -3.17. The summed E-state index contributed by atoms with van der Waals surface area (Å²) in [6.07, 6.45) is 0. The number of nitrogens with one attached hydrogen (secondary N) is 1. The Morgan fingerprint density at radius 2 is 1.94 bits per heavy atom. The van der Waals surface area contributed by atoms with Gasteiger partial charge in [0.05, 0.1) is 25.4 Å². The summed E-state index contributed by atoms with van der Waals surface area (Å²) in [5.74, 6) is 0.531. The van der Waals surface area contributed by atoms with Gasteiger partial charge in [-0.3, -0.25) is 24.2 Å². The Morgan fingerprint density at radius 3 is 2.71 bits per heavy atom. The molecule has 0 saturated carbocycles. The van der Waals surface area contributed by atoms with Gasteiger partial charge in [-0.25, -0.2) is 0 Å². The second kappa shape index (κ2) is 9.32. The Balaban J connectivity index is 1.39. The topological polar surface area (TPSA) is 101 Å². The van der Waals surface area contributed by atoms with Crippen molar-refractivity contribution in [1.82, 2.24) is 10.2 Å². The molecule has 1 fully saturated rings. The fourth-order valence-corrected chi connectivity index (χ4v) is 3.57. The van der Waals surface area contributed by atoms with Gasteiger partial charge in [0.15, 0.2) is 18.2 Å². The second-order valence-corrected chi connectivity index (χ2v) is 7.48. The molecule has 1 aromatic carbocycles. The van der Waals surface area contributed by atoms with Gasteiger partial charge in [-0.2, -0.15) is 0 Å². The summed E-state index contributed by atoms with van der Waals surface area (Å²) in [5, 5.41) is 2.85. The van der Waals surface area contributed by atoms with Gasteiger partial charge in [0, 0.05) is 31.7 Å². The molecule has 164 valence electrons. The van der Waals surface area contributed by atoms with Crippen molar-refractivity contribution >= 4 is 23.3 Å². The van der Waals surface area contributed by atoms with Gasteiger partial charge in [-0.1, -0.05) is 0 Å². The zero-order valence-electron chi connectivity index (χ0n) is 17.4. The number of hydrogen-bond acceptors (Lipinski definition) is 7. The number of carbonyl (C=O) groups excluding carboxylic acids is 3. The van der Waals surface area contributed by atoms with Crippen LogP contribution < -0.4 is 15.0 Å². The van der Waals surface area contributed by atoms with E-state index in [9.17, 15) is 14.4 Å². The maximum absolute atomic E-state index is 12.5. The summed E-state index contributed by atoms with van der Waals surface area (Å²) in [6.45, 7) is 5.92. The first-order valence-electron chi connectivity index (χ1n) is 10.3. The largest absolute Gasteiger partial charge is 0.482 e. The molecule has 3 heterocycles. The monoisotopic (exact) mass is 427 g/mol. The molecule has 2 amide bonds. The van der Waals surface area contributed by atoms with Crippen LogP contribution in [0.25, 0.3) is 0 Å². The lowest BCUT2D eigenvalue weighted by Crippen LogP contribution is -2.41. The van der Waals surface area contributed by atoms with E-state index in [1.807, 2.05) is 0 Å². The van der Waals surface area contributed by atoms with Crippen LogP contribution >= 0.6 is 0 Å². The highest BCUT2D eigenvalue weighted by molar-refractivity contribution is 6.01. The lowest BCUT2D eigenvalue weighted by molar-refractivity contribution is -0.121. The second-order valence-electron chi connectivity index (χ2n) is 7.48. The number of fused-ring (bicyclic) bond motifs is 1. The Bertz CT molecular complexity index is 979. The number of furan rings is 1. The number of ether oxygens (including phenoxy) is 2. The average molecular weight is 427 g/mol. The van der Waals surface area contributed by atoms with Gasteiger partial charge < -0.3 is 19.2 Å². The molecule has 0 atom stereocenters. The number of hydrogen-bond donors (Lipinski definition) is 1. The molecule has 1 aromatic heterocycles. The zero-order chi connectivity index (χ0) is 21.8. The van der Waals surface area contributed by atoms with E-state index in [0.29, 0.717) is 42.5 Å². The third-order valence-corrected chi connectivity index (χ3v) is 5.33. The summed E-state index contributed by atoms with van der Waals surface area (Å²) < 4.78 is 16.5. The third kappa shape index (κ3) is 4.95. The molecule has 0 bridgehead atoms. The molecule has 31 heavy (non-hydrogen) atoms. The number of Topliss-reactive ketones (excluding diaryl/α,β-unsaturated/α-hetero) is 1. The Labute approximate surface area is 179 Å². The lowest BCUT2D eigenvalue weighted by atomic mass is 10.1. The molecular weight excluding hydrogens is 402 g/mol. The average Bonchev–Trinajstić information content (AvgIpc) is 3.25. The van der Waals surface area contributed by atoms with Crippen LogP contribution in [0, 0.1) is 0 Å². The lowest BCUT2D eigenvalue weighted by Gasteiger charge is -2.29. The molecule has 9 heteroatoms. The van der Waals surface area contributed by atoms with E-state index < -0.39 is 0 Å². The van der Waals surface area contributed by atoms with Crippen LogP contribution in [0.3, 0.4) is 0 Å². The first kappa shape index (κ1) is 21.1. The van der Waals surface area contributed by atoms with Crippen LogP contribution in [0.5, 0.6) is 5.75 Å². The maximum atomic E-state index is 12.5. The number of carbonyl (C=O) groups is 3. The summed E-state index contributed by atoms with van der Waals surface area (Å²) in [4.78, 5) is 40.3. The highest BCUT2D eigenvalue weighted by Gasteiger charge is 2.27. The number of anilines is 1.